The van der Waals surface area contributed by atoms with Gasteiger partial charge in [0.25, 0.3) is 0 Å². The normalized spacial score (nSPS) is 10.9. The van der Waals surface area contributed by atoms with E-state index in [1.165, 1.54) is 69.9 Å². The van der Waals surface area contributed by atoms with Crippen molar-refractivity contribution in [3.63, 3.8) is 0 Å². The maximum absolute atomic E-state index is 14.6. The molecule has 0 radical (unpaired) electrons. The SMILES string of the molecule is CCCCCCCCCc1cnc(-c2ccc(OC(=O)c3ccc(OCCCCCCC)cc3F)cc2)nc1. The number of carbonyl (C=O) groups is 1. The molecule has 0 aliphatic heterocycles. The third-order valence-electron chi connectivity index (χ3n) is 6.77. The van der Waals surface area contributed by atoms with Crippen LogP contribution in [-0.4, -0.2) is 22.5 Å². The summed E-state index contributed by atoms with van der Waals surface area (Å²) in [6.45, 7) is 4.95. The molecule has 0 amide bonds. The van der Waals surface area contributed by atoms with Crippen LogP contribution in [0.2, 0.25) is 0 Å². The Balaban J connectivity index is 1.45. The van der Waals surface area contributed by atoms with Crippen molar-refractivity contribution in [1.82, 2.24) is 9.97 Å². The molecule has 0 spiro atoms. The molecular formula is C33H43FN2O3. The highest BCUT2D eigenvalue weighted by atomic mass is 19.1. The smallest absolute Gasteiger partial charge is 0.346 e. The summed E-state index contributed by atoms with van der Waals surface area (Å²) in [4.78, 5) is 21.6. The van der Waals surface area contributed by atoms with E-state index in [2.05, 4.69) is 23.8 Å². The number of aryl methyl sites for hydroxylation is 1. The van der Waals surface area contributed by atoms with E-state index in [0.717, 1.165) is 36.8 Å². The lowest BCUT2D eigenvalue weighted by Crippen LogP contribution is -2.11. The van der Waals surface area contributed by atoms with E-state index in [1.54, 1.807) is 30.3 Å². The number of ether oxygens (including phenoxy) is 2. The van der Waals surface area contributed by atoms with E-state index in [9.17, 15) is 9.18 Å². The van der Waals surface area contributed by atoms with Crippen molar-refractivity contribution in [3.8, 4) is 22.9 Å². The Labute approximate surface area is 233 Å². The van der Waals surface area contributed by atoms with E-state index in [0.29, 0.717) is 23.9 Å². The number of nitrogens with zero attached hydrogens (tertiary/aromatic N) is 2. The lowest BCUT2D eigenvalue weighted by Gasteiger charge is -2.09. The molecule has 5 nitrogen and oxygen atoms in total. The topological polar surface area (TPSA) is 61.3 Å². The highest BCUT2D eigenvalue weighted by molar-refractivity contribution is 5.91. The van der Waals surface area contributed by atoms with Crippen molar-refractivity contribution in [3.05, 3.63) is 71.8 Å². The van der Waals surface area contributed by atoms with Gasteiger partial charge in [-0.2, -0.15) is 0 Å². The second-order valence-corrected chi connectivity index (χ2v) is 10.1. The van der Waals surface area contributed by atoms with Crippen LogP contribution in [0.1, 0.15) is 107 Å². The van der Waals surface area contributed by atoms with Crippen LogP contribution in [0.5, 0.6) is 11.5 Å². The van der Waals surface area contributed by atoms with Gasteiger partial charge in [-0.1, -0.05) is 78.1 Å². The summed E-state index contributed by atoms with van der Waals surface area (Å²) in [5.41, 5.74) is 1.83. The molecule has 210 valence electrons. The molecule has 0 N–H and O–H groups in total. The summed E-state index contributed by atoms with van der Waals surface area (Å²) in [6, 6.07) is 11.2. The maximum atomic E-state index is 14.6. The zero-order valence-electron chi connectivity index (χ0n) is 23.6. The summed E-state index contributed by atoms with van der Waals surface area (Å²) in [7, 11) is 0. The average molecular weight is 535 g/mol. The summed E-state index contributed by atoms with van der Waals surface area (Å²) in [6.07, 6.45) is 19.3. The number of benzene rings is 2. The number of rotatable bonds is 18. The van der Waals surface area contributed by atoms with Crippen molar-refractivity contribution < 1.29 is 18.7 Å². The molecule has 2 aromatic carbocycles. The van der Waals surface area contributed by atoms with Crippen molar-refractivity contribution >= 4 is 5.97 Å². The van der Waals surface area contributed by atoms with Crippen molar-refractivity contribution in [2.24, 2.45) is 0 Å². The summed E-state index contributed by atoms with van der Waals surface area (Å²) < 4.78 is 25.6. The first kappa shape index (κ1) is 30.3. The van der Waals surface area contributed by atoms with Crippen LogP contribution >= 0.6 is 0 Å². The molecule has 3 aromatic rings. The molecule has 0 aliphatic carbocycles. The van der Waals surface area contributed by atoms with Gasteiger partial charge in [-0.3, -0.25) is 0 Å². The Bertz CT molecular complexity index is 1120. The Hall–Kier alpha value is -3.28. The number of carbonyl (C=O) groups excluding carboxylic acids is 1. The van der Waals surface area contributed by atoms with Crippen molar-refractivity contribution in [2.75, 3.05) is 6.61 Å². The fourth-order valence-corrected chi connectivity index (χ4v) is 4.40. The second kappa shape index (κ2) is 17.3. The van der Waals surface area contributed by atoms with Crippen LogP contribution < -0.4 is 9.47 Å². The molecule has 1 heterocycles. The third-order valence-corrected chi connectivity index (χ3v) is 6.77. The lowest BCUT2D eigenvalue weighted by atomic mass is 10.1. The van der Waals surface area contributed by atoms with E-state index < -0.39 is 11.8 Å². The van der Waals surface area contributed by atoms with E-state index in [-0.39, 0.29) is 5.56 Å². The van der Waals surface area contributed by atoms with E-state index in [1.807, 2.05) is 12.4 Å². The Morgan fingerprint density at radius 2 is 1.33 bits per heavy atom. The molecule has 0 atom stereocenters. The number of hydrogen-bond donors (Lipinski definition) is 0. The van der Waals surface area contributed by atoms with Crippen LogP contribution in [0.25, 0.3) is 11.4 Å². The van der Waals surface area contributed by atoms with Gasteiger partial charge in [0.2, 0.25) is 0 Å². The minimum atomic E-state index is -0.752. The summed E-state index contributed by atoms with van der Waals surface area (Å²) >= 11 is 0. The van der Waals surface area contributed by atoms with Crippen LogP contribution in [0.15, 0.2) is 54.9 Å². The molecule has 0 aliphatic rings. The van der Waals surface area contributed by atoms with Crippen LogP contribution in [0, 0.1) is 5.82 Å². The van der Waals surface area contributed by atoms with Crippen molar-refractivity contribution in [1.29, 1.82) is 0 Å². The molecule has 3 rings (SSSR count). The minimum Gasteiger partial charge on any atom is -0.493 e. The van der Waals surface area contributed by atoms with Crippen LogP contribution in [0.3, 0.4) is 0 Å². The van der Waals surface area contributed by atoms with Crippen LogP contribution in [-0.2, 0) is 6.42 Å². The van der Waals surface area contributed by atoms with Gasteiger partial charge in [0.15, 0.2) is 5.82 Å². The van der Waals surface area contributed by atoms with Gasteiger partial charge in [-0.25, -0.2) is 19.2 Å². The van der Waals surface area contributed by atoms with Gasteiger partial charge in [0, 0.05) is 24.0 Å². The number of esters is 1. The highest BCUT2D eigenvalue weighted by Gasteiger charge is 2.15. The second-order valence-electron chi connectivity index (χ2n) is 10.1. The average Bonchev–Trinajstić information content (AvgIpc) is 2.95. The van der Waals surface area contributed by atoms with E-state index in [4.69, 9.17) is 9.47 Å². The number of hydrogen-bond acceptors (Lipinski definition) is 5. The first-order valence-corrected chi connectivity index (χ1v) is 14.7. The zero-order chi connectivity index (χ0) is 27.7. The quantitative estimate of drug-likeness (QED) is 0.0925. The summed E-state index contributed by atoms with van der Waals surface area (Å²) in [5.74, 6) is -0.0611. The first-order chi connectivity index (χ1) is 19.1. The Kier molecular flexibility index (Phi) is 13.5. The predicted octanol–water partition coefficient (Wildman–Crippen LogP) is 9.14. The molecule has 0 bridgehead atoms. The molecule has 0 unspecified atom stereocenters. The highest BCUT2D eigenvalue weighted by Crippen LogP contribution is 2.23. The molecule has 6 heteroatoms. The van der Waals surface area contributed by atoms with Gasteiger partial charge in [-0.05, 0) is 61.2 Å². The molecule has 1 aromatic heterocycles. The lowest BCUT2D eigenvalue weighted by molar-refractivity contribution is 0.0730. The van der Waals surface area contributed by atoms with Gasteiger partial charge in [0.1, 0.15) is 17.3 Å². The number of aromatic nitrogens is 2. The maximum Gasteiger partial charge on any atom is 0.346 e. The minimum absolute atomic E-state index is 0.130. The molecule has 39 heavy (non-hydrogen) atoms. The zero-order valence-corrected chi connectivity index (χ0v) is 23.6. The Morgan fingerprint density at radius 1 is 0.744 bits per heavy atom. The monoisotopic (exact) mass is 534 g/mol. The van der Waals surface area contributed by atoms with Crippen LogP contribution in [0.4, 0.5) is 4.39 Å². The third kappa shape index (κ3) is 10.8. The van der Waals surface area contributed by atoms with Crippen molar-refractivity contribution in [2.45, 2.75) is 97.3 Å². The van der Waals surface area contributed by atoms with Gasteiger partial charge in [-0.15, -0.1) is 0 Å². The number of halogens is 1. The largest absolute Gasteiger partial charge is 0.493 e. The molecule has 0 fully saturated rings. The van der Waals surface area contributed by atoms with E-state index >= 15 is 0 Å². The van der Waals surface area contributed by atoms with Gasteiger partial charge < -0.3 is 9.47 Å². The Morgan fingerprint density at radius 3 is 1.97 bits per heavy atom. The standard InChI is InChI=1S/C33H43FN2O3/c1-3-5-7-9-10-11-13-15-26-24-35-32(36-25-26)27-16-18-28(19-17-27)39-33(37)30-21-20-29(23-31(30)34)38-22-14-12-8-6-4-2/h16-21,23-25H,3-15,22H2,1-2H3. The molecular weight excluding hydrogens is 491 g/mol. The molecule has 0 saturated carbocycles. The fourth-order valence-electron chi connectivity index (χ4n) is 4.40. The van der Waals surface area contributed by atoms with Gasteiger partial charge in [0.05, 0.1) is 12.2 Å². The molecule has 0 saturated heterocycles. The van der Waals surface area contributed by atoms with Gasteiger partial charge >= 0.3 is 5.97 Å². The predicted molar refractivity (Wildman–Crippen MR) is 155 cm³/mol. The summed E-state index contributed by atoms with van der Waals surface area (Å²) in [5, 5.41) is 0. The number of unbranched alkanes of at least 4 members (excludes halogenated alkanes) is 10. The first-order valence-electron chi connectivity index (χ1n) is 14.7. The fraction of sp³-hybridized carbons (Fsp3) is 0.485.